The number of thiophene rings is 1. The Morgan fingerprint density at radius 1 is 0.515 bits per heavy atom. The number of hydrogen-bond donors (Lipinski definition) is 0. The van der Waals surface area contributed by atoms with E-state index in [4.69, 9.17) is 4.42 Å². The van der Waals surface area contributed by atoms with Crippen LogP contribution in [-0.4, -0.2) is 6.71 Å². The van der Waals surface area contributed by atoms with E-state index in [1.807, 2.05) is 11.3 Å². The molecule has 0 atom stereocenters. The molecule has 0 fully saturated rings. The minimum atomic E-state index is -0.0511. The zero-order chi connectivity index (χ0) is 48.0. The lowest BCUT2D eigenvalue weighted by molar-refractivity contribution is 0.332. The molecule has 6 aromatic carbocycles. The molecule has 2 aromatic heterocycles. The molecular formula is C63H69BN2OS. The van der Waals surface area contributed by atoms with Gasteiger partial charge in [-0.05, 0) is 182 Å². The van der Waals surface area contributed by atoms with Crippen LogP contribution in [0.3, 0.4) is 0 Å². The third-order valence-corrected chi connectivity index (χ3v) is 18.5. The lowest BCUT2D eigenvalue weighted by atomic mass is 9.33. The Bertz CT molecular complexity index is 3470. The van der Waals surface area contributed by atoms with Gasteiger partial charge in [-0.25, -0.2) is 0 Å². The van der Waals surface area contributed by atoms with E-state index >= 15 is 0 Å². The minimum Gasteiger partial charge on any atom is -0.440 e. The Morgan fingerprint density at radius 2 is 1.10 bits per heavy atom. The van der Waals surface area contributed by atoms with E-state index in [0.29, 0.717) is 0 Å². The zero-order valence-electron chi connectivity index (χ0n) is 43.4. The Labute approximate surface area is 410 Å². The molecule has 0 spiro atoms. The average Bonchev–Trinajstić information content (AvgIpc) is 3.83. The molecule has 3 nitrogen and oxygen atoms in total. The number of anilines is 6. The summed E-state index contributed by atoms with van der Waals surface area (Å²) in [6.07, 6.45) is 4.67. The normalized spacial score (nSPS) is 18.7. The van der Waals surface area contributed by atoms with Gasteiger partial charge >= 0.3 is 0 Å². The Hall–Kier alpha value is -5.26. The predicted molar refractivity (Wildman–Crippen MR) is 296 cm³/mol. The highest BCUT2D eigenvalue weighted by Gasteiger charge is 2.49. The van der Waals surface area contributed by atoms with Crippen LogP contribution in [0.5, 0.6) is 0 Å². The fourth-order valence-corrected chi connectivity index (χ4v) is 14.0. The highest BCUT2D eigenvalue weighted by atomic mass is 32.1. The van der Waals surface area contributed by atoms with E-state index in [2.05, 4.69) is 211 Å². The van der Waals surface area contributed by atoms with Crippen molar-refractivity contribution < 1.29 is 4.42 Å². The zero-order valence-corrected chi connectivity index (χ0v) is 44.2. The van der Waals surface area contributed by atoms with E-state index in [-0.39, 0.29) is 39.2 Å². The molecule has 0 bridgehead atoms. The number of aryl methyl sites for hydroxylation is 1. The molecule has 0 N–H and O–H groups in total. The van der Waals surface area contributed by atoms with Crippen molar-refractivity contribution >= 4 is 99.9 Å². The van der Waals surface area contributed by atoms with E-state index < -0.39 is 0 Å². The van der Waals surface area contributed by atoms with Gasteiger partial charge in [0.1, 0.15) is 5.58 Å². The van der Waals surface area contributed by atoms with Crippen LogP contribution in [0.2, 0.25) is 0 Å². The van der Waals surface area contributed by atoms with E-state index in [9.17, 15) is 0 Å². The Balaban J connectivity index is 1.22. The topological polar surface area (TPSA) is 19.6 Å². The lowest BCUT2D eigenvalue weighted by Gasteiger charge is -2.44. The van der Waals surface area contributed by atoms with Gasteiger partial charge in [0.25, 0.3) is 6.71 Å². The molecule has 0 unspecified atom stereocenters. The van der Waals surface area contributed by atoms with Crippen LogP contribution in [0.15, 0.2) is 101 Å². The second-order valence-corrected chi connectivity index (χ2v) is 27.1. The maximum atomic E-state index is 7.57. The van der Waals surface area contributed by atoms with Crippen molar-refractivity contribution in [3.63, 3.8) is 0 Å². The molecule has 346 valence electrons. The summed E-state index contributed by atoms with van der Waals surface area (Å²) in [5.74, 6) is 0.958. The first-order chi connectivity index (χ1) is 31.8. The molecule has 0 amide bonds. The van der Waals surface area contributed by atoms with E-state index in [1.165, 1.54) is 116 Å². The largest absolute Gasteiger partial charge is 0.440 e. The van der Waals surface area contributed by atoms with Crippen molar-refractivity contribution in [2.24, 2.45) is 0 Å². The summed E-state index contributed by atoms with van der Waals surface area (Å²) in [5, 5.41) is 3.92. The molecule has 2 aliphatic heterocycles. The van der Waals surface area contributed by atoms with Crippen LogP contribution < -0.4 is 26.2 Å². The smallest absolute Gasteiger partial charge is 0.257 e. The molecule has 12 rings (SSSR count). The van der Waals surface area contributed by atoms with Gasteiger partial charge in [-0.2, -0.15) is 0 Å². The van der Waals surface area contributed by atoms with E-state index in [0.717, 1.165) is 30.7 Å². The first-order valence-electron chi connectivity index (χ1n) is 25.5. The summed E-state index contributed by atoms with van der Waals surface area (Å²) >= 11 is 1.92. The number of nitrogens with zero attached hydrogens (tertiary/aromatic N) is 2. The van der Waals surface area contributed by atoms with Crippen LogP contribution in [-0.2, 0) is 32.5 Å². The molecule has 68 heavy (non-hydrogen) atoms. The van der Waals surface area contributed by atoms with Gasteiger partial charge in [0.15, 0.2) is 0 Å². The van der Waals surface area contributed by atoms with Crippen molar-refractivity contribution in [2.45, 2.75) is 162 Å². The lowest BCUT2D eigenvalue weighted by Crippen LogP contribution is -2.61. The first kappa shape index (κ1) is 44.0. The fraction of sp³-hybridized carbons (Fsp3) is 0.397. The van der Waals surface area contributed by atoms with Crippen molar-refractivity contribution in [3.8, 4) is 0 Å². The standard InChI is InChI=1S/C63H69BN2OS/c1-36-29-49-56-50(30-36)66(47-17-16-18-53-54(47)41-31-37(58(2,3)4)20-24-52(41)68-53)48-32-38(59(5,6)7)19-23-46(48)64(56)55-40-34-44-45(63(14,15)28-27-62(44,12)13)35-51(40)67-57(55)65(49)39-21-22-42-43(33-39)61(10,11)26-25-60(42,8)9/h16-24,29-35H,25-28H2,1-15H3. The van der Waals surface area contributed by atoms with Gasteiger partial charge in [-0.15, -0.1) is 11.3 Å². The van der Waals surface area contributed by atoms with E-state index in [1.54, 1.807) is 0 Å². The summed E-state index contributed by atoms with van der Waals surface area (Å²) < 4.78 is 10.2. The predicted octanol–water partition coefficient (Wildman–Crippen LogP) is 16.5. The van der Waals surface area contributed by atoms with Gasteiger partial charge in [0, 0.05) is 53.8 Å². The molecule has 2 aliphatic carbocycles. The Kier molecular flexibility index (Phi) is 9.03. The SMILES string of the molecule is Cc1cc2c3c(c1)N(c1cccc4sc5ccc(C(C)(C)C)cc5c14)c1cc(C(C)(C)C)ccc1B3c1c(oc3cc4c(cc13)C(C)(C)CCC4(C)C)N2c1ccc2c(c1)C(C)(C)CCC2(C)C. The van der Waals surface area contributed by atoms with Crippen LogP contribution in [0.25, 0.3) is 31.1 Å². The van der Waals surface area contributed by atoms with Gasteiger partial charge in [0.2, 0.25) is 5.88 Å². The van der Waals surface area contributed by atoms with Crippen LogP contribution in [0.1, 0.15) is 162 Å². The summed E-state index contributed by atoms with van der Waals surface area (Å²) in [6, 6.07) is 39.0. The molecular weight excluding hydrogens is 844 g/mol. The number of benzene rings is 6. The number of rotatable bonds is 2. The molecule has 5 heteroatoms. The third kappa shape index (κ3) is 6.28. The quantitative estimate of drug-likeness (QED) is 0.161. The Morgan fingerprint density at radius 3 is 1.76 bits per heavy atom. The minimum absolute atomic E-state index is 0.0277. The van der Waals surface area contributed by atoms with Crippen LogP contribution in [0.4, 0.5) is 34.3 Å². The van der Waals surface area contributed by atoms with Gasteiger partial charge < -0.3 is 9.32 Å². The summed E-state index contributed by atoms with van der Waals surface area (Å²) in [6.45, 7) is 35.9. The number of fused-ring (bicyclic) bond motifs is 11. The molecule has 0 saturated heterocycles. The first-order valence-corrected chi connectivity index (χ1v) is 26.3. The highest BCUT2D eigenvalue weighted by Crippen LogP contribution is 2.54. The van der Waals surface area contributed by atoms with Crippen LogP contribution in [0, 0.1) is 6.92 Å². The molecule has 4 aliphatic rings. The summed E-state index contributed by atoms with van der Waals surface area (Å²) in [4.78, 5) is 5.20. The summed E-state index contributed by atoms with van der Waals surface area (Å²) in [5.41, 5.74) is 21.1. The number of furan rings is 1. The third-order valence-electron chi connectivity index (χ3n) is 17.3. The van der Waals surface area contributed by atoms with Gasteiger partial charge in [-0.1, -0.05) is 127 Å². The monoisotopic (exact) mass is 913 g/mol. The van der Waals surface area contributed by atoms with Gasteiger partial charge in [0.05, 0.1) is 5.69 Å². The number of hydrogen-bond acceptors (Lipinski definition) is 4. The van der Waals surface area contributed by atoms with Gasteiger partial charge in [-0.3, -0.25) is 4.90 Å². The second-order valence-electron chi connectivity index (χ2n) is 26.0. The van der Waals surface area contributed by atoms with Crippen molar-refractivity contribution in [1.82, 2.24) is 0 Å². The van der Waals surface area contributed by atoms with Crippen LogP contribution >= 0.6 is 11.3 Å². The van der Waals surface area contributed by atoms with Crippen molar-refractivity contribution in [1.29, 1.82) is 0 Å². The average molecular weight is 913 g/mol. The molecule has 0 radical (unpaired) electrons. The molecule has 0 saturated carbocycles. The maximum absolute atomic E-state index is 7.57. The molecule has 8 aromatic rings. The summed E-state index contributed by atoms with van der Waals surface area (Å²) in [7, 11) is 0. The van der Waals surface area contributed by atoms with Crippen molar-refractivity contribution in [3.05, 3.63) is 136 Å². The second kappa shape index (κ2) is 14.0. The maximum Gasteiger partial charge on any atom is 0.257 e. The molecule has 4 heterocycles. The highest BCUT2D eigenvalue weighted by molar-refractivity contribution is 7.26. The van der Waals surface area contributed by atoms with Crippen molar-refractivity contribution in [2.75, 3.05) is 9.80 Å². The fourth-order valence-electron chi connectivity index (χ4n) is 12.9.